The lowest BCUT2D eigenvalue weighted by Crippen LogP contribution is -2.53. The van der Waals surface area contributed by atoms with Crippen molar-refractivity contribution in [2.75, 3.05) is 39.3 Å². The van der Waals surface area contributed by atoms with Crippen LogP contribution in [0.3, 0.4) is 0 Å². The zero-order valence-electron chi connectivity index (χ0n) is 14.0. The van der Waals surface area contributed by atoms with Gasteiger partial charge in [0, 0.05) is 32.7 Å². The second-order valence-electron chi connectivity index (χ2n) is 6.69. The van der Waals surface area contributed by atoms with E-state index in [9.17, 15) is 19.5 Å². The lowest BCUT2D eigenvalue weighted by molar-refractivity contribution is -0.139. The van der Waals surface area contributed by atoms with Crippen LogP contribution in [0.5, 0.6) is 0 Å². The van der Waals surface area contributed by atoms with Crippen molar-refractivity contribution < 1.29 is 19.5 Å². The lowest BCUT2D eigenvalue weighted by atomic mass is 10.1. The lowest BCUT2D eigenvalue weighted by Gasteiger charge is -2.36. The van der Waals surface area contributed by atoms with Gasteiger partial charge in [0.05, 0.1) is 6.10 Å². The summed E-state index contributed by atoms with van der Waals surface area (Å²) in [6, 6.07) is -0.516. The molecule has 130 valence electrons. The van der Waals surface area contributed by atoms with E-state index in [0.29, 0.717) is 39.1 Å². The van der Waals surface area contributed by atoms with Gasteiger partial charge in [-0.25, -0.2) is 4.79 Å². The van der Waals surface area contributed by atoms with Crippen LogP contribution in [0.1, 0.15) is 27.2 Å². The van der Waals surface area contributed by atoms with Crippen molar-refractivity contribution in [2.45, 2.75) is 38.8 Å². The van der Waals surface area contributed by atoms with Crippen LogP contribution in [-0.4, -0.2) is 88.6 Å². The number of nitrogens with one attached hydrogen (secondary N) is 1. The van der Waals surface area contributed by atoms with E-state index in [1.165, 1.54) is 0 Å². The zero-order chi connectivity index (χ0) is 17.2. The molecule has 2 N–H and O–H groups in total. The Kier molecular flexibility index (Phi) is 5.26. The molecule has 8 heteroatoms. The van der Waals surface area contributed by atoms with Gasteiger partial charge in [-0.3, -0.25) is 19.4 Å². The second-order valence-corrected chi connectivity index (χ2v) is 6.69. The maximum atomic E-state index is 12.3. The summed E-state index contributed by atoms with van der Waals surface area (Å²) in [4.78, 5) is 41.0. The van der Waals surface area contributed by atoms with Crippen molar-refractivity contribution in [1.29, 1.82) is 0 Å². The molecule has 4 amide bonds. The molecule has 0 aliphatic carbocycles. The molecule has 1 unspecified atom stereocenters. The molecule has 8 nitrogen and oxygen atoms in total. The summed E-state index contributed by atoms with van der Waals surface area (Å²) in [5.41, 5.74) is -0.952. The van der Waals surface area contributed by atoms with Crippen LogP contribution in [0.25, 0.3) is 0 Å². The van der Waals surface area contributed by atoms with E-state index < -0.39 is 11.6 Å². The van der Waals surface area contributed by atoms with Gasteiger partial charge in [0.2, 0.25) is 5.91 Å². The molecule has 0 saturated carbocycles. The first-order valence-corrected chi connectivity index (χ1v) is 8.07. The molecular weight excluding hydrogens is 300 g/mol. The minimum atomic E-state index is -0.952. The first-order chi connectivity index (χ1) is 10.7. The van der Waals surface area contributed by atoms with Gasteiger partial charge >= 0.3 is 6.03 Å². The Hall–Kier alpha value is -1.67. The number of carbonyl (C=O) groups excluding carboxylic acids is 3. The van der Waals surface area contributed by atoms with Crippen molar-refractivity contribution >= 4 is 17.8 Å². The van der Waals surface area contributed by atoms with Crippen LogP contribution < -0.4 is 5.32 Å². The van der Waals surface area contributed by atoms with Crippen molar-refractivity contribution in [1.82, 2.24) is 20.0 Å². The third-order valence-corrected chi connectivity index (χ3v) is 4.40. The smallest absolute Gasteiger partial charge is 0.325 e. The summed E-state index contributed by atoms with van der Waals surface area (Å²) in [7, 11) is 0. The average molecular weight is 326 g/mol. The Morgan fingerprint density at radius 2 is 1.87 bits per heavy atom. The molecule has 0 aromatic rings. The molecule has 0 bridgehead atoms. The summed E-state index contributed by atoms with van der Waals surface area (Å²) in [6.07, 6.45) is 0.367. The van der Waals surface area contributed by atoms with Gasteiger partial charge < -0.3 is 15.3 Å². The van der Waals surface area contributed by atoms with Crippen LogP contribution in [0.2, 0.25) is 0 Å². The number of imide groups is 1. The first kappa shape index (κ1) is 17.7. The standard InChI is InChI=1S/C15H26N4O4/c1-4-11(20)9-17-5-7-18(8-6-17)12(21)10-19-13(22)15(2,3)16-14(19)23/h11,20H,4-10H2,1-3H3,(H,16,23). The third-order valence-electron chi connectivity index (χ3n) is 4.40. The Balaban J connectivity index is 1.84. The van der Waals surface area contributed by atoms with Gasteiger partial charge in [-0.2, -0.15) is 0 Å². The monoisotopic (exact) mass is 326 g/mol. The van der Waals surface area contributed by atoms with Crippen LogP contribution in [0.4, 0.5) is 4.79 Å². The molecule has 0 aromatic heterocycles. The third kappa shape index (κ3) is 4.00. The van der Waals surface area contributed by atoms with E-state index in [1.54, 1.807) is 18.7 Å². The minimum absolute atomic E-state index is 0.217. The molecule has 2 rings (SSSR count). The fourth-order valence-corrected chi connectivity index (χ4v) is 2.80. The van der Waals surface area contributed by atoms with E-state index in [4.69, 9.17) is 0 Å². The second kappa shape index (κ2) is 6.84. The molecule has 0 aromatic carbocycles. The van der Waals surface area contributed by atoms with E-state index in [0.717, 1.165) is 4.90 Å². The highest BCUT2D eigenvalue weighted by Gasteiger charge is 2.45. The van der Waals surface area contributed by atoms with Gasteiger partial charge in [-0.15, -0.1) is 0 Å². The van der Waals surface area contributed by atoms with Gasteiger partial charge in [0.25, 0.3) is 5.91 Å². The minimum Gasteiger partial charge on any atom is -0.392 e. The topological polar surface area (TPSA) is 93.2 Å². The number of nitrogens with zero attached hydrogens (tertiary/aromatic N) is 3. The Morgan fingerprint density at radius 1 is 1.26 bits per heavy atom. The molecule has 0 radical (unpaired) electrons. The molecule has 2 saturated heterocycles. The maximum Gasteiger partial charge on any atom is 0.325 e. The predicted octanol–water partition coefficient (Wildman–Crippen LogP) is -0.768. The van der Waals surface area contributed by atoms with E-state index in [-0.39, 0.29) is 24.5 Å². The van der Waals surface area contributed by atoms with Gasteiger partial charge in [-0.05, 0) is 20.3 Å². The molecule has 1 atom stereocenters. The fourth-order valence-electron chi connectivity index (χ4n) is 2.80. The van der Waals surface area contributed by atoms with Gasteiger partial charge in [0.1, 0.15) is 12.1 Å². The SMILES string of the molecule is CCC(O)CN1CCN(C(=O)CN2C(=O)NC(C)(C)C2=O)CC1. The Morgan fingerprint density at radius 3 is 2.35 bits per heavy atom. The molecule has 2 aliphatic heterocycles. The number of piperazine rings is 1. The highest BCUT2D eigenvalue weighted by atomic mass is 16.3. The number of carbonyl (C=O) groups is 3. The van der Waals surface area contributed by atoms with Crippen molar-refractivity contribution in [3.63, 3.8) is 0 Å². The first-order valence-electron chi connectivity index (χ1n) is 8.07. The van der Waals surface area contributed by atoms with Gasteiger partial charge in [-0.1, -0.05) is 6.92 Å². The van der Waals surface area contributed by atoms with Gasteiger partial charge in [0.15, 0.2) is 0 Å². The largest absolute Gasteiger partial charge is 0.392 e. The Labute approximate surface area is 136 Å². The summed E-state index contributed by atoms with van der Waals surface area (Å²) in [5.74, 6) is -0.595. The van der Waals surface area contributed by atoms with Crippen LogP contribution in [0.15, 0.2) is 0 Å². The van der Waals surface area contributed by atoms with Crippen molar-refractivity contribution in [2.24, 2.45) is 0 Å². The van der Waals surface area contributed by atoms with Crippen molar-refractivity contribution in [3.8, 4) is 0 Å². The number of amides is 4. The summed E-state index contributed by atoms with van der Waals surface area (Å²) >= 11 is 0. The Bertz CT molecular complexity index is 486. The zero-order valence-corrected chi connectivity index (χ0v) is 14.0. The van der Waals surface area contributed by atoms with Crippen molar-refractivity contribution in [3.05, 3.63) is 0 Å². The number of β-amino-alcohol motifs (C(OH)–C–C–N with tert-alkyl or cyclic N) is 1. The number of aliphatic hydroxyl groups excluding tert-OH is 1. The van der Waals surface area contributed by atoms with Crippen LogP contribution >= 0.6 is 0 Å². The maximum absolute atomic E-state index is 12.3. The van der Waals surface area contributed by atoms with Crippen LogP contribution in [-0.2, 0) is 9.59 Å². The molecule has 2 aliphatic rings. The summed E-state index contributed by atoms with van der Waals surface area (Å²) < 4.78 is 0. The molecule has 0 spiro atoms. The summed E-state index contributed by atoms with van der Waals surface area (Å²) in [5, 5.41) is 12.2. The van der Waals surface area contributed by atoms with E-state index in [2.05, 4.69) is 10.2 Å². The van der Waals surface area contributed by atoms with E-state index in [1.807, 2.05) is 6.92 Å². The highest BCUT2D eigenvalue weighted by Crippen LogP contribution is 2.16. The fraction of sp³-hybridized carbons (Fsp3) is 0.800. The average Bonchev–Trinajstić information content (AvgIpc) is 2.69. The molecule has 2 heterocycles. The molecule has 23 heavy (non-hydrogen) atoms. The number of urea groups is 1. The number of hydrogen-bond donors (Lipinski definition) is 2. The highest BCUT2D eigenvalue weighted by molar-refractivity contribution is 6.08. The molecular formula is C15H26N4O4. The van der Waals surface area contributed by atoms with Crippen LogP contribution in [0, 0.1) is 0 Å². The number of aliphatic hydroxyl groups is 1. The molecule has 2 fully saturated rings. The predicted molar refractivity (Wildman–Crippen MR) is 83.6 cm³/mol. The normalized spacial score (nSPS) is 23.1. The van der Waals surface area contributed by atoms with E-state index >= 15 is 0 Å². The number of rotatable bonds is 5. The number of hydrogen-bond acceptors (Lipinski definition) is 5. The quantitative estimate of drug-likeness (QED) is 0.647. The summed E-state index contributed by atoms with van der Waals surface area (Å²) in [6.45, 7) is 8.04.